The molecule has 0 spiro atoms. The molecule has 0 heterocycles. The molecule has 86 valence electrons. The van der Waals surface area contributed by atoms with E-state index in [1.165, 1.54) is 0 Å². The lowest BCUT2D eigenvalue weighted by atomic mass is 10.2. The third kappa shape index (κ3) is 3.65. The van der Waals surface area contributed by atoms with Crippen LogP contribution in [-0.2, 0) is 0 Å². The zero-order chi connectivity index (χ0) is 12.0. The molecule has 0 radical (unpaired) electrons. The van der Waals surface area contributed by atoms with Gasteiger partial charge in [0, 0.05) is 6.20 Å². The summed E-state index contributed by atoms with van der Waals surface area (Å²) >= 11 is 0. The van der Waals surface area contributed by atoms with E-state index in [0.717, 1.165) is 12.0 Å². The molecule has 0 atom stereocenters. The number of benzene rings is 1. The van der Waals surface area contributed by atoms with E-state index in [-0.39, 0.29) is 6.03 Å². The van der Waals surface area contributed by atoms with Crippen LogP contribution < -0.4 is 16.4 Å². The molecule has 1 aromatic rings. The highest BCUT2D eigenvalue weighted by Crippen LogP contribution is 2.18. The van der Waals surface area contributed by atoms with E-state index in [1.807, 2.05) is 32.1 Å². The van der Waals surface area contributed by atoms with Crippen LogP contribution >= 0.6 is 0 Å². The predicted molar refractivity (Wildman–Crippen MR) is 67.2 cm³/mol. The molecule has 0 aliphatic heterocycles. The number of carbonyl (C=O) groups is 1. The first-order valence-electron chi connectivity index (χ1n) is 5.22. The van der Waals surface area contributed by atoms with Gasteiger partial charge in [0.25, 0.3) is 0 Å². The third-order valence-corrected chi connectivity index (χ3v) is 2.02. The standard InChI is InChI=1S/C12H17N3O/c1-3-4-7-14-12(16)15-11-6-5-9(2)8-10(11)13/h4-8H,3,13H2,1-2H3,(H2,14,15,16)/b7-4+. The van der Waals surface area contributed by atoms with Crippen LogP contribution in [0.1, 0.15) is 18.9 Å². The lowest BCUT2D eigenvalue weighted by molar-refractivity contribution is 0.255. The van der Waals surface area contributed by atoms with Gasteiger partial charge in [0.1, 0.15) is 0 Å². The monoisotopic (exact) mass is 219 g/mol. The van der Waals surface area contributed by atoms with Crippen LogP contribution in [0.2, 0.25) is 0 Å². The Morgan fingerprint density at radius 1 is 1.50 bits per heavy atom. The molecule has 0 bridgehead atoms. The second-order valence-corrected chi connectivity index (χ2v) is 3.50. The van der Waals surface area contributed by atoms with Gasteiger partial charge in [-0.2, -0.15) is 0 Å². The van der Waals surface area contributed by atoms with E-state index in [0.29, 0.717) is 11.4 Å². The maximum atomic E-state index is 11.4. The van der Waals surface area contributed by atoms with Crippen molar-refractivity contribution in [1.82, 2.24) is 5.32 Å². The molecule has 0 aromatic heterocycles. The molecule has 1 aromatic carbocycles. The molecular weight excluding hydrogens is 202 g/mol. The topological polar surface area (TPSA) is 67.2 Å². The average molecular weight is 219 g/mol. The SMILES string of the molecule is CC/C=C/NC(=O)Nc1ccc(C)cc1N. The number of carbonyl (C=O) groups excluding carboxylic acids is 1. The summed E-state index contributed by atoms with van der Waals surface area (Å²) in [6.45, 7) is 3.94. The number of aryl methyl sites for hydroxylation is 1. The molecule has 2 amide bonds. The number of anilines is 2. The molecule has 0 fully saturated rings. The van der Waals surface area contributed by atoms with Gasteiger partial charge < -0.3 is 16.4 Å². The number of hydrogen-bond acceptors (Lipinski definition) is 2. The molecule has 0 aliphatic carbocycles. The lowest BCUT2D eigenvalue weighted by Crippen LogP contribution is -2.24. The van der Waals surface area contributed by atoms with Crippen molar-refractivity contribution in [1.29, 1.82) is 0 Å². The first-order valence-corrected chi connectivity index (χ1v) is 5.22. The van der Waals surface area contributed by atoms with Crippen LogP contribution in [0.4, 0.5) is 16.2 Å². The largest absolute Gasteiger partial charge is 0.397 e. The molecule has 4 nitrogen and oxygen atoms in total. The zero-order valence-corrected chi connectivity index (χ0v) is 9.58. The molecular formula is C12H17N3O. The van der Waals surface area contributed by atoms with Crippen molar-refractivity contribution in [3.05, 3.63) is 36.0 Å². The number of nitrogens with two attached hydrogens (primary N) is 1. The lowest BCUT2D eigenvalue weighted by Gasteiger charge is -2.08. The number of hydrogen-bond donors (Lipinski definition) is 3. The summed E-state index contributed by atoms with van der Waals surface area (Å²) in [4.78, 5) is 11.4. The van der Waals surface area contributed by atoms with Gasteiger partial charge in [-0.25, -0.2) is 4.79 Å². The molecule has 0 saturated carbocycles. The van der Waals surface area contributed by atoms with Gasteiger partial charge in [-0.15, -0.1) is 0 Å². The third-order valence-electron chi connectivity index (χ3n) is 2.02. The number of rotatable bonds is 3. The van der Waals surface area contributed by atoms with Gasteiger partial charge in [-0.3, -0.25) is 0 Å². The highest BCUT2D eigenvalue weighted by atomic mass is 16.2. The van der Waals surface area contributed by atoms with Crippen molar-refractivity contribution < 1.29 is 4.79 Å². The summed E-state index contributed by atoms with van der Waals surface area (Å²) < 4.78 is 0. The van der Waals surface area contributed by atoms with Crippen molar-refractivity contribution in [3.63, 3.8) is 0 Å². The van der Waals surface area contributed by atoms with Gasteiger partial charge >= 0.3 is 6.03 Å². The highest BCUT2D eigenvalue weighted by Gasteiger charge is 2.02. The van der Waals surface area contributed by atoms with E-state index in [2.05, 4.69) is 10.6 Å². The second kappa shape index (κ2) is 5.80. The van der Waals surface area contributed by atoms with Crippen LogP contribution in [0.15, 0.2) is 30.5 Å². The Balaban J connectivity index is 2.59. The van der Waals surface area contributed by atoms with E-state index in [9.17, 15) is 4.79 Å². The first kappa shape index (κ1) is 12.1. The average Bonchev–Trinajstić information content (AvgIpc) is 2.23. The number of amides is 2. The smallest absolute Gasteiger partial charge is 0.323 e. The van der Waals surface area contributed by atoms with Crippen LogP contribution in [0.3, 0.4) is 0 Å². The molecule has 16 heavy (non-hydrogen) atoms. The Kier molecular flexibility index (Phi) is 4.39. The fourth-order valence-corrected chi connectivity index (χ4v) is 1.21. The van der Waals surface area contributed by atoms with Crippen LogP contribution in [-0.4, -0.2) is 6.03 Å². The maximum absolute atomic E-state index is 11.4. The molecule has 1 rings (SSSR count). The summed E-state index contributed by atoms with van der Waals surface area (Å²) in [6, 6.07) is 5.21. The van der Waals surface area contributed by atoms with Gasteiger partial charge in [0.05, 0.1) is 11.4 Å². The Hall–Kier alpha value is -1.97. The summed E-state index contributed by atoms with van der Waals surface area (Å²) in [7, 11) is 0. The Morgan fingerprint density at radius 3 is 2.88 bits per heavy atom. The predicted octanol–water partition coefficient (Wildman–Crippen LogP) is 2.62. The molecule has 0 saturated heterocycles. The fourth-order valence-electron chi connectivity index (χ4n) is 1.21. The van der Waals surface area contributed by atoms with Crippen LogP contribution in [0.5, 0.6) is 0 Å². The van der Waals surface area contributed by atoms with Crippen molar-refractivity contribution in [3.8, 4) is 0 Å². The van der Waals surface area contributed by atoms with Crippen molar-refractivity contribution in [2.24, 2.45) is 0 Å². The highest BCUT2D eigenvalue weighted by molar-refractivity contribution is 5.93. The number of urea groups is 1. The second-order valence-electron chi connectivity index (χ2n) is 3.50. The summed E-state index contributed by atoms with van der Waals surface area (Å²) in [5, 5.41) is 5.26. The summed E-state index contributed by atoms with van der Waals surface area (Å²) in [5.74, 6) is 0. The number of nitrogen functional groups attached to an aromatic ring is 1. The normalized spacial score (nSPS) is 10.4. The van der Waals surface area contributed by atoms with E-state index < -0.39 is 0 Å². The molecule has 0 aliphatic rings. The maximum Gasteiger partial charge on any atom is 0.323 e. The van der Waals surface area contributed by atoms with Gasteiger partial charge in [-0.05, 0) is 31.0 Å². The minimum absolute atomic E-state index is 0.291. The van der Waals surface area contributed by atoms with Gasteiger partial charge in [0.15, 0.2) is 0 Å². The quantitative estimate of drug-likeness (QED) is 0.684. The number of allylic oxidation sites excluding steroid dienone is 1. The first-order chi connectivity index (χ1) is 7.63. The number of nitrogens with one attached hydrogen (secondary N) is 2. The molecule has 4 heteroatoms. The molecule has 4 N–H and O–H groups in total. The minimum Gasteiger partial charge on any atom is -0.397 e. The Bertz CT molecular complexity index is 399. The van der Waals surface area contributed by atoms with Gasteiger partial charge in [0.2, 0.25) is 0 Å². The summed E-state index contributed by atoms with van der Waals surface area (Å²) in [5.41, 5.74) is 8.01. The van der Waals surface area contributed by atoms with E-state index >= 15 is 0 Å². The van der Waals surface area contributed by atoms with Crippen molar-refractivity contribution in [2.75, 3.05) is 11.1 Å². The van der Waals surface area contributed by atoms with Crippen molar-refractivity contribution >= 4 is 17.4 Å². The Morgan fingerprint density at radius 2 is 2.25 bits per heavy atom. The van der Waals surface area contributed by atoms with Crippen LogP contribution in [0, 0.1) is 6.92 Å². The Labute approximate surface area is 95.5 Å². The summed E-state index contributed by atoms with van der Waals surface area (Å²) in [6.07, 6.45) is 4.35. The fraction of sp³-hybridized carbons (Fsp3) is 0.250. The van der Waals surface area contributed by atoms with E-state index in [1.54, 1.807) is 12.3 Å². The van der Waals surface area contributed by atoms with Gasteiger partial charge in [-0.1, -0.05) is 19.1 Å². The zero-order valence-electron chi connectivity index (χ0n) is 9.58. The van der Waals surface area contributed by atoms with Crippen LogP contribution in [0.25, 0.3) is 0 Å². The van der Waals surface area contributed by atoms with E-state index in [4.69, 9.17) is 5.73 Å². The van der Waals surface area contributed by atoms with Crippen molar-refractivity contribution in [2.45, 2.75) is 20.3 Å². The minimum atomic E-state index is -0.291. The molecule has 0 unspecified atom stereocenters.